The molecule has 0 saturated carbocycles. The fourth-order valence-electron chi connectivity index (χ4n) is 3.65. The Labute approximate surface area is 159 Å². The van der Waals surface area contributed by atoms with Crippen molar-refractivity contribution in [3.05, 3.63) is 65.2 Å². The predicted molar refractivity (Wildman–Crippen MR) is 99.5 cm³/mol. The lowest BCUT2D eigenvalue weighted by Gasteiger charge is -2.26. The van der Waals surface area contributed by atoms with Gasteiger partial charge in [-0.15, -0.1) is 0 Å². The predicted octanol–water partition coefficient (Wildman–Crippen LogP) is 2.54. The zero-order chi connectivity index (χ0) is 19.0. The molecule has 0 amide bonds. The van der Waals surface area contributed by atoms with Crippen molar-refractivity contribution in [2.45, 2.75) is 36.7 Å². The fourth-order valence-corrected chi connectivity index (χ4v) is 5.31. The van der Waals surface area contributed by atoms with E-state index in [9.17, 15) is 13.5 Å². The third kappa shape index (κ3) is 3.53. The average Bonchev–Trinajstić information content (AvgIpc) is 3.32. The SMILES string of the molecule is Cc1ccc(S(=O)(=O)N2CC[C@H](O)[C@H]2c2ccc(C3OCCO3)cc2)cc1. The van der Waals surface area contributed by atoms with E-state index in [2.05, 4.69) is 0 Å². The second-order valence-corrected chi connectivity index (χ2v) is 8.86. The minimum absolute atomic E-state index is 0.247. The molecule has 2 saturated heterocycles. The molecule has 2 aromatic carbocycles. The normalized spacial score (nSPS) is 24.5. The maximum atomic E-state index is 13.1. The van der Waals surface area contributed by atoms with E-state index in [4.69, 9.17) is 9.47 Å². The van der Waals surface area contributed by atoms with Crippen LogP contribution in [0.2, 0.25) is 0 Å². The lowest BCUT2D eigenvalue weighted by atomic mass is 10.0. The molecule has 27 heavy (non-hydrogen) atoms. The van der Waals surface area contributed by atoms with Crippen molar-refractivity contribution in [2.75, 3.05) is 19.8 Å². The molecule has 4 rings (SSSR count). The third-order valence-electron chi connectivity index (χ3n) is 5.12. The molecule has 0 aromatic heterocycles. The number of aliphatic hydroxyl groups is 1. The molecule has 144 valence electrons. The smallest absolute Gasteiger partial charge is 0.243 e. The van der Waals surface area contributed by atoms with Crippen LogP contribution in [0, 0.1) is 6.92 Å². The minimum Gasteiger partial charge on any atom is -0.391 e. The molecule has 2 fully saturated rings. The Morgan fingerprint density at radius 1 is 0.963 bits per heavy atom. The summed E-state index contributed by atoms with van der Waals surface area (Å²) in [6.45, 7) is 3.34. The van der Waals surface area contributed by atoms with Crippen LogP contribution < -0.4 is 0 Å². The summed E-state index contributed by atoms with van der Waals surface area (Å²) in [6.07, 6.45) is -0.707. The van der Waals surface area contributed by atoms with Crippen LogP contribution in [0.25, 0.3) is 0 Å². The van der Waals surface area contributed by atoms with Gasteiger partial charge in [-0.3, -0.25) is 0 Å². The Balaban J connectivity index is 1.63. The van der Waals surface area contributed by atoms with E-state index in [1.807, 2.05) is 31.2 Å². The summed E-state index contributed by atoms with van der Waals surface area (Å²) in [6, 6.07) is 13.6. The van der Waals surface area contributed by atoms with E-state index in [0.717, 1.165) is 16.7 Å². The van der Waals surface area contributed by atoms with Crippen molar-refractivity contribution >= 4 is 10.0 Å². The molecule has 2 aromatic rings. The van der Waals surface area contributed by atoms with Crippen LogP contribution >= 0.6 is 0 Å². The number of benzene rings is 2. The summed E-state index contributed by atoms with van der Waals surface area (Å²) in [7, 11) is -3.69. The van der Waals surface area contributed by atoms with Gasteiger partial charge in [0.05, 0.1) is 30.3 Å². The van der Waals surface area contributed by atoms with Crippen LogP contribution in [0.15, 0.2) is 53.4 Å². The lowest BCUT2D eigenvalue weighted by Crippen LogP contribution is -2.33. The van der Waals surface area contributed by atoms with Gasteiger partial charge in [-0.2, -0.15) is 4.31 Å². The average molecular weight is 389 g/mol. The quantitative estimate of drug-likeness (QED) is 0.870. The van der Waals surface area contributed by atoms with Gasteiger partial charge < -0.3 is 14.6 Å². The first kappa shape index (κ1) is 18.6. The maximum Gasteiger partial charge on any atom is 0.243 e. The van der Waals surface area contributed by atoms with Crippen LogP contribution in [-0.2, 0) is 19.5 Å². The molecule has 0 spiro atoms. The van der Waals surface area contributed by atoms with Gasteiger partial charge >= 0.3 is 0 Å². The highest BCUT2D eigenvalue weighted by molar-refractivity contribution is 7.89. The standard InChI is InChI=1S/C20H23NO5S/c1-14-2-8-17(9-3-14)27(23,24)21-11-10-18(22)19(21)15-4-6-16(7-5-15)20-25-12-13-26-20/h2-9,18-20,22H,10-13H2,1H3/t18-,19+/m0/s1. The minimum atomic E-state index is -3.69. The van der Waals surface area contributed by atoms with Crippen LogP contribution in [-0.4, -0.2) is 43.7 Å². The van der Waals surface area contributed by atoms with E-state index in [1.54, 1.807) is 24.3 Å². The first-order valence-corrected chi connectivity index (χ1v) is 10.5. The Morgan fingerprint density at radius 3 is 2.19 bits per heavy atom. The molecule has 2 heterocycles. The summed E-state index contributed by atoms with van der Waals surface area (Å²) >= 11 is 0. The van der Waals surface area contributed by atoms with Crippen LogP contribution in [0.5, 0.6) is 0 Å². The number of aliphatic hydroxyl groups excluding tert-OH is 1. The van der Waals surface area contributed by atoms with Gasteiger partial charge in [0.1, 0.15) is 0 Å². The first-order valence-electron chi connectivity index (χ1n) is 9.06. The summed E-state index contributed by atoms with van der Waals surface area (Å²) in [5.74, 6) is 0. The Hall–Kier alpha value is -1.77. The number of sulfonamides is 1. The van der Waals surface area contributed by atoms with Crippen molar-refractivity contribution in [2.24, 2.45) is 0 Å². The highest BCUT2D eigenvalue weighted by Crippen LogP contribution is 2.37. The monoisotopic (exact) mass is 389 g/mol. The molecular formula is C20H23NO5S. The summed E-state index contributed by atoms with van der Waals surface area (Å²) in [4.78, 5) is 0.247. The molecule has 2 atom stereocenters. The molecule has 7 heteroatoms. The highest BCUT2D eigenvalue weighted by Gasteiger charge is 2.41. The Morgan fingerprint density at radius 2 is 1.56 bits per heavy atom. The largest absolute Gasteiger partial charge is 0.391 e. The van der Waals surface area contributed by atoms with Crippen LogP contribution in [0.4, 0.5) is 0 Å². The first-order chi connectivity index (χ1) is 13.0. The zero-order valence-electron chi connectivity index (χ0n) is 15.1. The van der Waals surface area contributed by atoms with E-state index in [1.165, 1.54) is 4.31 Å². The topological polar surface area (TPSA) is 76.1 Å². The number of rotatable bonds is 4. The molecular weight excluding hydrogens is 366 g/mol. The van der Waals surface area contributed by atoms with Crippen molar-refractivity contribution in [3.8, 4) is 0 Å². The van der Waals surface area contributed by atoms with Gasteiger partial charge in [-0.25, -0.2) is 8.42 Å². The fraction of sp³-hybridized carbons (Fsp3) is 0.400. The molecule has 6 nitrogen and oxygen atoms in total. The van der Waals surface area contributed by atoms with Gasteiger partial charge in [-0.05, 0) is 31.0 Å². The number of hydrogen-bond acceptors (Lipinski definition) is 5. The number of nitrogens with zero attached hydrogens (tertiary/aromatic N) is 1. The molecule has 2 aliphatic heterocycles. The van der Waals surface area contributed by atoms with Crippen molar-refractivity contribution in [1.29, 1.82) is 0 Å². The summed E-state index contributed by atoms with van der Waals surface area (Å²) < 4.78 is 38.6. The summed E-state index contributed by atoms with van der Waals surface area (Å²) in [5, 5.41) is 10.5. The third-order valence-corrected chi connectivity index (χ3v) is 7.01. The molecule has 0 bridgehead atoms. The van der Waals surface area contributed by atoms with Crippen molar-refractivity contribution in [3.63, 3.8) is 0 Å². The second-order valence-electron chi connectivity index (χ2n) is 6.97. The molecule has 2 aliphatic rings. The second kappa shape index (κ2) is 7.33. The lowest BCUT2D eigenvalue weighted by molar-refractivity contribution is -0.0441. The molecule has 1 N–H and O–H groups in total. The number of ether oxygens (including phenoxy) is 2. The van der Waals surface area contributed by atoms with Crippen LogP contribution in [0.1, 0.15) is 35.4 Å². The van der Waals surface area contributed by atoms with E-state index in [-0.39, 0.29) is 11.2 Å². The van der Waals surface area contributed by atoms with Crippen molar-refractivity contribution < 1.29 is 23.0 Å². The summed E-state index contributed by atoms with van der Waals surface area (Å²) in [5.41, 5.74) is 2.65. The number of aryl methyl sites for hydroxylation is 1. The molecule has 0 aliphatic carbocycles. The van der Waals surface area contributed by atoms with Gasteiger partial charge in [0.25, 0.3) is 0 Å². The van der Waals surface area contributed by atoms with Crippen LogP contribution in [0.3, 0.4) is 0 Å². The Bertz CT molecular complexity index is 889. The molecule has 0 unspecified atom stereocenters. The molecule has 0 radical (unpaired) electrons. The highest BCUT2D eigenvalue weighted by atomic mass is 32.2. The van der Waals surface area contributed by atoms with Gasteiger partial charge in [0, 0.05) is 12.1 Å². The maximum absolute atomic E-state index is 13.1. The van der Waals surface area contributed by atoms with Gasteiger partial charge in [0.15, 0.2) is 6.29 Å². The van der Waals surface area contributed by atoms with Gasteiger partial charge in [-0.1, -0.05) is 42.0 Å². The zero-order valence-corrected chi connectivity index (χ0v) is 15.9. The Kier molecular flexibility index (Phi) is 5.05. The number of hydrogen-bond donors (Lipinski definition) is 1. The van der Waals surface area contributed by atoms with E-state index >= 15 is 0 Å². The van der Waals surface area contributed by atoms with Crippen molar-refractivity contribution in [1.82, 2.24) is 4.31 Å². The van der Waals surface area contributed by atoms with E-state index in [0.29, 0.717) is 26.2 Å². The van der Waals surface area contributed by atoms with Gasteiger partial charge in [0.2, 0.25) is 10.0 Å². The van der Waals surface area contributed by atoms with E-state index < -0.39 is 22.2 Å².